The zero-order chi connectivity index (χ0) is 19.6. The van der Waals surface area contributed by atoms with Crippen molar-refractivity contribution in [1.82, 2.24) is 0 Å². The summed E-state index contributed by atoms with van der Waals surface area (Å²) >= 11 is 0. The molecule has 5 aliphatic rings. The van der Waals surface area contributed by atoms with E-state index in [1.54, 1.807) is 5.57 Å². The monoisotopic (exact) mass is 390 g/mol. The van der Waals surface area contributed by atoms with Crippen LogP contribution in [0, 0.1) is 28.6 Å². The summed E-state index contributed by atoms with van der Waals surface area (Å²) in [5, 5.41) is 0. The third kappa shape index (κ3) is 2.44. The van der Waals surface area contributed by atoms with Gasteiger partial charge in [-0.25, -0.2) is 0 Å². The van der Waals surface area contributed by atoms with Crippen LogP contribution in [-0.2, 0) is 18.9 Å². The van der Waals surface area contributed by atoms with E-state index in [9.17, 15) is 0 Å². The lowest BCUT2D eigenvalue weighted by molar-refractivity contribution is -0.288. The fourth-order valence-corrected chi connectivity index (χ4v) is 8.17. The van der Waals surface area contributed by atoms with E-state index in [2.05, 4.69) is 26.8 Å². The van der Waals surface area contributed by atoms with Crippen molar-refractivity contribution in [3.8, 4) is 0 Å². The van der Waals surface area contributed by atoms with Crippen LogP contribution < -0.4 is 0 Å². The Balaban J connectivity index is 1.44. The first kappa shape index (κ1) is 19.5. The van der Waals surface area contributed by atoms with E-state index in [1.807, 2.05) is 7.11 Å². The van der Waals surface area contributed by atoms with Crippen LogP contribution in [0.2, 0.25) is 0 Å². The first-order valence-corrected chi connectivity index (χ1v) is 11.6. The van der Waals surface area contributed by atoms with Crippen molar-refractivity contribution in [2.45, 2.75) is 83.7 Å². The molecule has 0 amide bonds. The van der Waals surface area contributed by atoms with Gasteiger partial charge in [-0.1, -0.05) is 25.5 Å². The van der Waals surface area contributed by atoms with Crippen LogP contribution in [0.15, 0.2) is 11.6 Å². The Bertz CT molecular complexity index is 653. The van der Waals surface area contributed by atoms with Crippen LogP contribution in [0.1, 0.15) is 72.1 Å². The molecule has 1 heterocycles. The molecule has 4 aliphatic carbocycles. The number of hydrogen-bond donors (Lipinski definition) is 0. The summed E-state index contributed by atoms with van der Waals surface area (Å²) < 4.78 is 24.6. The van der Waals surface area contributed by atoms with Crippen LogP contribution in [0.3, 0.4) is 0 Å². The average molecular weight is 391 g/mol. The molecule has 0 radical (unpaired) electrons. The van der Waals surface area contributed by atoms with Gasteiger partial charge in [0.1, 0.15) is 0 Å². The largest absolute Gasteiger partial charge is 0.353 e. The minimum atomic E-state index is -0.384. The van der Waals surface area contributed by atoms with Crippen molar-refractivity contribution in [3.05, 3.63) is 11.6 Å². The van der Waals surface area contributed by atoms with E-state index in [4.69, 9.17) is 18.9 Å². The summed E-state index contributed by atoms with van der Waals surface area (Å²) in [5.74, 6) is 1.53. The zero-order valence-electron chi connectivity index (χ0n) is 18.2. The zero-order valence-corrected chi connectivity index (χ0v) is 18.2. The Morgan fingerprint density at radius 3 is 2.50 bits per heavy atom. The lowest BCUT2D eigenvalue weighted by atomic mass is 9.47. The summed E-state index contributed by atoms with van der Waals surface area (Å²) in [7, 11) is 1.86. The third-order valence-corrected chi connectivity index (χ3v) is 9.68. The Kier molecular flexibility index (Phi) is 4.56. The average Bonchev–Trinajstić information content (AvgIpc) is 3.26. The van der Waals surface area contributed by atoms with Crippen LogP contribution in [0.25, 0.3) is 0 Å². The molecule has 6 atom stereocenters. The molecule has 28 heavy (non-hydrogen) atoms. The van der Waals surface area contributed by atoms with Crippen LogP contribution in [0.4, 0.5) is 0 Å². The quantitative estimate of drug-likeness (QED) is 0.498. The standard InChI is InChI=1S/C24H38O4/c1-5-26-24(25-4)11-9-20-18-7-6-17-16-23(27-14-15-28-23)13-12-21(17,2)19(18)8-10-22(20,24)3/h6,18-20H,5,7-16H2,1-4H3/t18?,19?,20?,21-,22-,24?/m0/s1. The van der Waals surface area contributed by atoms with Gasteiger partial charge in [0.15, 0.2) is 11.6 Å². The molecule has 4 nitrogen and oxygen atoms in total. The summed E-state index contributed by atoms with van der Waals surface area (Å²) in [6.07, 6.45) is 11.8. The lowest BCUT2D eigenvalue weighted by Gasteiger charge is -2.59. The number of ether oxygens (including phenoxy) is 4. The maximum absolute atomic E-state index is 6.32. The maximum atomic E-state index is 6.32. The third-order valence-electron chi connectivity index (χ3n) is 9.68. The van der Waals surface area contributed by atoms with Gasteiger partial charge in [0.25, 0.3) is 0 Å². The SMILES string of the molecule is CCOC1(OC)CCC2C3CC=C4CC5(CC[C@]4(C)C3CC[C@@]21C)OCCO5. The van der Waals surface area contributed by atoms with Crippen LogP contribution in [0.5, 0.6) is 0 Å². The van der Waals surface area contributed by atoms with Crippen LogP contribution >= 0.6 is 0 Å². The Hall–Kier alpha value is -0.420. The molecule has 3 saturated carbocycles. The first-order chi connectivity index (χ1) is 13.4. The van der Waals surface area contributed by atoms with Gasteiger partial charge in [-0.05, 0) is 62.2 Å². The van der Waals surface area contributed by atoms with Crippen molar-refractivity contribution in [3.63, 3.8) is 0 Å². The van der Waals surface area contributed by atoms with Gasteiger partial charge in [-0.3, -0.25) is 0 Å². The van der Waals surface area contributed by atoms with Crippen molar-refractivity contribution in [1.29, 1.82) is 0 Å². The van der Waals surface area contributed by atoms with E-state index in [-0.39, 0.29) is 17.0 Å². The summed E-state index contributed by atoms with van der Waals surface area (Å²) in [4.78, 5) is 0. The maximum Gasteiger partial charge on any atom is 0.173 e. The van der Waals surface area contributed by atoms with Gasteiger partial charge in [-0.2, -0.15) is 0 Å². The molecule has 0 aromatic heterocycles. The number of allylic oxidation sites excluding steroid dienone is 1. The molecular weight excluding hydrogens is 352 g/mol. The number of fused-ring (bicyclic) bond motifs is 5. The summed E-state index contributed by atoms with van der Waals surface area (Å²) in [5.41, 5.74) is 2.06. The predicted octanol–water partition coefficient (Wildman–Crippen LogP) is 5.07. The van der Waals surface area contributed by atoms with E-state index in [1.165, 1.54) is 32.1 Å². The molecule has 1 aliphatic heterocycles. The molecule has 0 aromatic rings. The van der Waals surface area contributed by atoms with Gasteiger partial charge in [-0.15, -0.1) is 0 Å². The molecule has 0 aromatic carbocycles. The van der Waals surface area contributed by atoms with Gasteiger partial charge in [0, 0.05) is 38.4 Å². The Morgan fingerprint density at radius 2 is 1.79 bits per heavy atom. The second-order valence-electron chi connectivity index (χ2n) is 10.4. The van der Waals surface area contributed by atoms with Gasteiger partial charge in [0.05, 0.1) is 13.2 Å². The fourth-order valence-electron chi connectivity index (χ4n) is 8.17. The highest BCUT2D eigenvalue weighted by atomic mass is 16.7. The molecule has 4 unspecified atom stereocenters. The highest BCUT2D eigenvalue weighted by molar-refractivity contribution is 5.27. The molecule has 158 valence electrons. The van der Waals surface area contributed by atoms with E-state index in [0.717, 1.165) is 50.9 Å². The normalized spacial score (nSPS) is 49.4. The smallest absolute Gasteiger partial charge is 0.173 e. The molecule has 1 spiro atoms. The van der Waals surface area contributed by atoms with Crippen molar-refractivity contribution in [2.75, 3.05) is 26.9 Å². The number of hydrogen-bond acceptors (Lipinski definition) is 4. The van der Waals surface area contributed by atoms with Crippen molar-refractivity contribution in [2.24, 2.45) is 28.6 Å². The molecule has 4 heteroatoms. The van der Waals surface area contributed by atoms with Gasteiger partial charge < -0.3 is 18.9 Å². The van der Waals surface area contributed by atoms with Crippen LogP contribution in [-0.4, -0.2) is 38.5 Å². The highest BCUT2D eigenvalue weighted by Crippen LogP contribution is 2.68. The minimum absolute atomic E-state index is 0.133. The summed E-state index contributed by atoms with van der Waals surface area (Å²) in [6, 6.07) is 0. The Morgan fingerprint density at radius 1 is 1.04 bits per heavy atom. The van der Waals surface area contributed by atoms with Gasteiger partial charge >= 0.3 is 0 Å². The van der Waals surface area contributed by atoms with E-state index in [0.29, 0.717) is 11.3 Å². The molecule has 0 N–H and O–H groups in total. The second-order valence-corrected chi connectivity index (χ2v) is 10.4. The molecule has 4 fully saturated rings. The minimum Gasteiger partial charge on any atom is -0.353 e. The van der Waals surface area contributed by atoms with Crippen molar-refractivity contribution >= 4 is 0 Å². The van der Waals surface area contributed by atoms with E-state index >= 15 is 0 Å². The molecule has 0 bridgehead atoms. The number of methoxy groups -OCH3 is 1. The first-order valence-electron chi connectivity index (χ1n) is 11.6. The van der Waals surface area contributed by atoms with E-state index < -0.39 is 0 Å². The lowest BCUT2D eigenvalue weighted by Crippen LogP contribution is -2.56. The summed E-state index contributed by atoms with van der Waals surface area (Å²) in [6.45, 7) is 9.35. The topological polar surface area (TPSA) is 36.9 Å². The Labute approximate surface area is 170 Å². The predicted molar refractivity (Wildman–Crippen MR) is 108 cm³/mol. The highest BCUT2D eigenvalue weighted by Gasteiger charge is 2.65. The van der Waals surface area contributed by atoms with Gasteiger partial charge in [0.2, 0.25) is 0 Å². The fraction of sp³-hybridized carbons (Fsp3) is 0.917. The molecule has 1 saturated heterocycles. The molecular formula is C24H38O4. The molecule has 5 rings (SSSR count). The second kappa shape index (κ2) is 6.54. The van der Waals surface area contributed by atoms with Crippen molar-refractivity contribution < 1.29 is 18.9 Å². The number of rotatable bonds is 3.